The number of nitrogens with zero attached hydrogens (tertiary/aromatic N) is 1. The van der Waals surface area contributed by atoms with Crippen LogP contribution in [0.3, 0.4) is 0 Å². The lowest BCUT2D eigenvalue weighted by Crippen LogP contribution is -2.36. The Morgan fingerprint density at radius 1 is 1.18 bits per heavy atom. The minimum atomic E-state index is 0.282. The summed E-state index contributed by atoms with van der Waals surface area (Å²) in [6, 6.07) is 8.50. The largest absolute Gasteiger partial charge is 0.491 e. The molecule has 4 heteroatoms. The molecule has 3 rings (SSSR count). The minimum Gasteiger partial charge on any atom is -0.491 e. The minimum absolute atomic E-state index is 0.282. The smallest absolute Gasteiger partial charge is 0.119 e. The molecule has 122 valence electrons. The molecule has 2 fully saturated rings. The molecular formula is C18H27NO3. The first kappa shape index (κ1) is 15.8. The average molecular weight is 305 g/mol. The first-order valence-corrected chi connectivity index (χ1v) is 8.53. The lowest BCUT2D eigenvalue weighted by Gasteiger charge is -2.26. The Morgan fingerprint density at radius 2 is 2.09 bits per heavy atom. The second-order valence-corrected chi connectivity index (χ2v) is 6.15. The van der Waals surface area contributed by atoms with Gasteiger partial charge in [0, 0.05) is 19.7 Å². The number of hydrogen-bond donors (Lipinski definition) is 0. The third-order valence-corrected chi connectivity index (χ3v) is 4.40. The first-order valence-electron chi connectivity index (χ1n) is 8.53. The van der Waals surface area contributed by atoms with Crippen LogP contribution in [0, 0.1) is 0 Å². The van der Waals surface area contributed by atoms with Gasteiger partial charge in [0.2, 0.25) is 0 Å². The summed E-state index contributed by atoms with van der Waals surface area (Å²) in [5, 5.41) is 0. The lowest BCUT2D eigenvalue weighted by molar-refractivity contribution is 0.0374. The zero-order valence-electron chi connectivity index (χ0n) is 13.3. The SMILES string of the molecule is c1cc(CCCN2CCOCC2)cc(OCC2CCCO2)c1. The normalized spacial score (nSPS) is 22.8. The molecule has 0 saturated carbocycles. The molecule has 0 aliphatic carbocycles. The van der Waals surface area contributed by atoms with E-state index in [2.05, 4.69) is 23.1 Å². The average Bonchev–Trinajstić information content (AvgIpc) is 3.08. The summed E-state index contributed by atoms with van der Waals surface area (Å²) < 4.78 is 16.9. The Balaban J connectivity index is 1.40. The monoisotopic (exact) mass is 305 g/mol. The molecule has 2 aliphatic heterocycles. The molecule has 4 nitrogen and oxygen atoms in total. The van der Waals surface area contributed by atoms with Gasteiger partial charge in [0.1, 0.15) is 12.4 Å². The Hall–Kier alpha value is -1.10. The summed E-state index contributed by atoms with van der Waals surface area (Å²) in [5.41, 5.74) is 1.36. The maximum atomic E-state index is 5.87. The highest BCUT2D eigenvalue weighted by molar-refractivity contribution is 5.28. The van der Waals surface area contributed by atoms with Gasteiger partial charge in [0.15, 0.2) is 0 Å². The maximum Gasteiger partial charge on any atom is 0.119 e. The van der Waals surface area contributed by atoms with E-state index in [0.717, 1.165) is 64.5 Å². The quantitative estimate of drug-likeness (QED) is 0.774. The fourth-order valence-corrected chi connectivity index (χ4v) is 3.09. The van der Waals surface area contributed by atoms with Crippen LogP contribution in [0.1, 0.15) is 24.8 Å². The maximum absolute atomic E-state index is 5.87. The van der Waals surface area contributed by atoms with Crippen molar-refractivity contribution in [2.75, 3.05) is 46.1 Å². The van der Waals surface area contributed by atoms with Crippen molar-refractivity contribution in [1.82, 2.24) is 4.90 Å². The summed E-state index contributed by atoms with van der Waals surface area (Å²) in [6.45, 7) is 6.63. The predicted octanol–water partition coefficient (Wildman–Crippen LogP) is 2.51. The summed E-state index contributed by atoms with van der Waals surface area (Å²) in [4.78, 5) is 2.49. The van der Waals surface area contributed by atoms with Crippen molar-refractivity contribution in [3.8, 4) is 5.75 Å². The van der Waals surface area contributed by atoms with Crippen molar-refractivity contribution < 1.29 is 14.2 Å². The highest BCUT2D eigenvalue weighted by Crippen LogP contribution is 2.18. The predicted molar refractivity (Wildman–Crippen MR) is 86.5 cm³/mol. The molecule has 1 aromatic rings. The summed E-state index contributed by atoms with van der Waals surface area (Å²) in [5.74, 6) is 0.972. The highest BCUT2D eigenvalue weighted by atomic mass is 16.5. The van der Waals surface area contributed by atoms with E-state index in [0.29, 0.717) is 6.61 Å². The van der Waals surface area contributed by atoms with Crippen LogP contribution in [-0.4, -0.2) is 57.1 Å². The van der Waals surface area contributed by atoms with Gasteiger partial charge in [0.05, 0.1) is 19.3 Å². The zero-order chi connectivity index (χ0) is 15.0. The van der Waals surface area contributed by atoms with Crippen molar-refractivity contribution in [1.29, 1.82) is 0 Å². The van der Waals surface area contributed by atoms with Gasteiger partial charge in [-0.05, 0) is 49.9 Å². The second kappa shape index (κ2) is 8.51. The summed E-state index contributed by atoms with van der Waals surface area (Å²) in [6.07, 6.45) is 4.86. The molecule has 0 spiro atoms. The van der Waals surface area contributed by atoms with Gasteiger partial charge in [-0.1, -0.05) is 12.1 Å². The number of rotatable bonds is 7. The van der Waals surface area contributed by atoms with Gasteiger partial charge in [-0.2, -0.15) is 0 Å². The Kier molecular flexibility index (Phi) is 6.11. The van der Waals surface area contributed by atoms with E-state index < -0.39 is 0 Å². The summed E-state index contributed by atoms with van der Waals surface area (Å²) in [7, 11) is 0. The van der Waals surface area contributed by atoms with Gasteiger partial charge in [-0.15, -0.1) is 0 Å². The number of benzene rings is 1. The van der Waals surface area contributed by atoms with E-state index in [1.54, 1.807) is 0 Å². The molecule has 2 heterocycles. The van der Waals surface area contributed by atoms with Crippen LogP contribution in [-0.2, 0) is 15.9 Å². The van der Waals surface area contributed by atoms with Gasteiger partial charge >= 0.3 is 0 Å². The molecule has 22 heavy (non-hydrogen) atoms. The van der Waals surface area contributed by atoms with Crippen molar-refractivity contribution in [2.24, 2.45) is 0 Å². The van der Waals surface area contributed by atoms with Crippen LogP contribution in [0.2, 0.25) is 0 Å². The van der Waals surface area contributed by atoms with Crippen molar-refractivity contribution >= 4 is 0 Å². The number of morpholine rings is 1. The molecule has 2 saturated heterocycles. The third kappa shape index (κ3) is 4.97. The third-order valence-electron chi connectivity index (χ3n) is 4.40. The van der Waals surface area contributed by atoms with Gasteiger partial charge < -0.3 is 14.2 Å². The lowest BCUT2D eigenvalue weighted by atomic mass is 10.1. The Bertz CT molecular complexity index is 440. The van der Waals surface area contributed by atoms with Crippen LogP contribution in [0.15, 0.2) is 24.3 Å². The van der Waals surface area contributed by atoms with Crippen molar-refractivity contribution in [3.05, 3.63) is 29.8 Å². The fourth-order valence-electron chi connectivity index (χ4n) is 3.09. The van der Waals surface area contributed by atoms with Crippen LogP contribution >= 0.6 is 0 Å². The van der Waals surface area contributed by atoms with Crippen molar-refractivity contribution in [2.45, 2.75) is 31.8 Å². The van der Waals surface area contributed by atoms with Crippen LogP contribution in [0.5, 0.6) is 5.75 Å². The van der Waals surface area contributed by atoms with E-state index >= 15 is 0 Å². The van der Waals surface area contributed by atoms with Crippen LogP contribution < -0.4 is 4.74 Å². The molecule has 2 aliphatic rings. The molecule has 1 atom stereocenters. The molecule has 0 aromatic heterocycles. The highest BCUT2D eigenvalue weighted by Gasteiger charge is 2.16. The molecule has 0 radical (unpaired) electrons. The standard InChI is InChI=1S/C18H27NO3/c1-4-16(5-2-8-19-9-12-20-13-10-19)14-17(6-1)22-15-18-7-3-11-21-18/h1,4,6,14,18H,2-3,5,7-13,15H2. The number of aryl methyl sites for hydroxylation is 1. The molecule has 0 N–H and O–H groups in total. The van der Waals surface area contributed by atoms with Gasteiger partial charge in [-0.3, -0.25) is 4.90 Å². The van der Waals surface area contributed by atoms with E-state index in [4.69, 9.17) is 14.2 Å². The van der Waals surface area contributed by atoms with E-state index in [1.165, 1.54) is 12.0 Å². The molecular weight excluding hydrogens is 278 g/mol. The first-order chi connectivity index (χ1) is 10.9. The van der Waals surface area contributed by atoms with E-state index in [9.17, 15) is 0 Å². The molecule has 0 amide bonds. The Labute approximate surface area is 133 Å². The van der Waals surface area contributed by atoms with Gasteiger partial charge in [0.25, 0.3) is 0 Å². The molecule has 1 aromatic carbocycles. The van der Waals surface area contributed by atoms with E-state index in [-0.39, 0.29) is 6.10 Å². The molecule has 1 unspecified atom stereocenters. The zero-order valence-corrected chi connectivity index (χ0v) is 13.3. The molecule has 0 bridgehead atoms. The van der Waals surface area contributed by atoms with Crippen LogP contribution in [0.25, 0.3) is 0 Å². The van der Waals surface area contributed by atoms with Crippen LogP contribution in [0.4, 0.5) is 0 Å². The fraction of sp³-hybridized carbons (Fsp3) is 0.667. The van der Waals surface area contributed by atoms with Gasteiger partial charge in [-0.25, -0.2) is 0 Å². The number of ether oxygens (including phenoxy) is 3. The van der Waals surface area contributed by atoms with Crippen molar-refractivity contribution in [3.63, 3.8) is 0 Å². The Morgan fingerprint density at radius 3 is 2.91 bits per heavy atom. The topological polar surface area (TPSA) is 30.9 Å². The van der Waals surface area contributed by atoms with E-state index in [1.807, 2.05) is 6.07 Å². The second-order valence-electron chi connectivity index (χ2n) is 6.15. The summed E-state index contributed by atoms with van der Waals surface area (Å²) >= 11 is 0. The number of hydrogen-bond acceptors (Lipinski definition) is 4.